The van der Waals surface area contributed by atoms with Gasteiger partial charge in [0, 0.05) is 19.2 Å². The number of hydrogen-bond donors (Lipinski definition) is 2. The third kappa shape index (κ3) is 9.30. The Hall–Kier alpha value is -3.15. The first-order chi connectivity index (χ1) is 18.1. The number of alkyl carbamates (subject to hydrolysis) is 1. The van der Waals surface area contributed by atoms with Gasteiger partial charge < -0.3 is 24.6 Å². The second-order valence-electron chi connectivity index (χ2n) is 8.83. The van der Waals surface area contributed by atoms with E-state index in [2.05, 4.69) is 10.1 Å². The van der Waals surface area contributed by atoms with Gasteiger partial charge >= 0.3 is 12.1 Å². The van der Waals surface area contributed by atoms with Gasteiger partial charge in [-0.15, -0.1) is 0 Å². The number of amides is 1. The van der Waals surface area contributed by atoms with E-state index in [0.29, 0.717) is 12.2 Å². The van der Waals surface area contributed by atoms with Gasteiger partial charge in [0.25, 0.3) is 0 Å². The van der Waals surface area contributed by atoms with Crippen LogP contribution in [0.2, 0.25) is 0 Å². The molecular formula is C27H38N2O8S. The molecule has 0 heterocycles. The summed E-state index contributed by atoms with van der Waals surface area (Å²) in [5.41, 5.74) is 0.811. The highest BCUT2D eigenvalue weighted by molar-refractivity contribution is 7.89. The Labute approximate surface area is 224 Å². The van der Waals surface area contributed by atoms with Crippen LogP contribution in [0.3, 0.4) is 0 Å². The van der Waals surface area contributed by atoms with Gasteiger partial charge in [0.05, 0.1) is 31.3 Å². The Morgan fingerprint density at radius 1 is 1.05 bits per heavy atom. The summed E-state index contributed by atoms with van der Waals surface area (Å²) >= 11 is 0. The Morgan fingerprint density at radius 3 is 2.39 bits per heavy atom. The third-order valence-electron chi connectivity index (χ3n) is 5.96. The molecule has 10 nitrogen and oxygen atoms in total. The van der Waals surface area contributed by atoms with Crippen molar-refractivity contribution in [2.45, 2.75) is 62.7 Å². The number of carbonyl (C=O) groups is 2. The summed E-state index contributed by atoms with van der Waals surface area (Å²) in [6.07, 6.45) is -0.891. The van der Waals surface area contributed by atoms with Crippen LogP contribution in [0.25, 0.3) is 0 Å². The van der Waals surface area contributed by atoms with E-state index in [1.165, 1.54) is 37.6 Å². The highest BCUT2D eigenvalue weighted by Crippen LogP contribution is 2.22. The molecule has 1 amide bonds. The largest absolute Gasteiger partial charge is 0.497 e. The molecule has 2 rings (SSSR count). The van der Waals surface area contributed by atoms with Crippen molar-refractivity contribution in [3.8, 4) is 5.75 Å². The molecule has 0 saturated heterocycles. The van der Waals surface area contributed by atoms with Gasteiger partial charge in [0.2, 0.25) is 10.0 Å². The van der Waals surface area contributed by atoms with E-state index in [9.17, 15) is 23.1 Å². The van der Waals surface area contributed by atoms with Gasteiger partial charge in [-0.1, -0.05) is 56.2 Å². The van der Waals surface area contributed by atoms with Gasteiger partial charge in [-0.2, -0.15) is 4.31 Å². The average Bonchev–Trinajstić information content (AvgIpc) is 2.92. The van der Waals surface area contributed by atoms with E-state index in [1.54, 1.807) is 12.1 Å². The van der Waals surface area contributed by atoms with Crippen molar-refractivity contribution in [3.63, 3.8) is 0 Å². The first-order valence-corrected chi connectivity index (χ1v) is 14.0. The van der Waals surface area contributed by atoms with Crippen LogP contribution >= 0.6 is 0 Å². The Kier molecular flexibility index (Phi) is 12.5. The fourth-order valence-corrected chi connectivity index (χ4v) is 5.34. The highest BCUT2D eigenvalue weighted by Gasteiger charge is 2.31. The van der Waals surface area contributed by atoms with E-state index in [1.807, 2.05) is 37.3 Å². The fraction of sp³-hybridized carbons (Fsp3) is 0.481. The first-order valence-electron chi connectivity index (χ1n) is 12.5. The van der Waals surface area contributed by atoms with Crippen molar-refractivity contribution in [1.82, 2.24) is 9.62 Å². The van der Waals surface area contributed by atoms with E-state index in [-0.39, 0.29) is 24.4 Å². The number of rotatable bonds is 15. The molecule has 0 radical (unpaired) electrons. The first kappa shape index (κ1) is 31.1. The average molecular weight is 551 g/mol. The maximum Gasteiger partial charge on any atom is 0.408 e. The Morgan fingerprint density at radius 2 is 1.76 bits per heavy atom. The zero-order valence-electron chi connectivity index (χ0n) is 22.3. The summed E-state index contributed by atoms with van der Waals surface area (Å²) in [4.78, 5) is 24.3. The Bertz CT molecular complexity index is 1130. The topological polar surface area (TPSA) is 131 Å². The molecule has 0 aliphatic rings. The molecule has 11 heteroatoms. The number of hydrogen-bond acceptors (Lipinski definition) is 8. The van der Waals surface area contributed by atoms with E-state index >= 15 is 0 Å². The molecule has 2 aromatic rings. The van der Waals surface area contributed by atoms with Crippen LogP contribution in [-0.2, 0) is 30.7 Å². The van der Waals surface area contributed by atoms with Gasteiger partial charge in [-0.25, -0.2) is 18.0 Å². The van der Waals surface area contributed by atoms with E-state index < -0.39 is 40.3 Å². The van der Waals surface area contributed by atoms with Crippen molar-refractivity contribution < 1.29 is 37.3 Å². The molecule has 3 atom stereocenters. The van der Waals surface area contributed by atoms with Crippen LogP contribution in [0.5, 0.6) is 5.75 Å². The number of aliphatic hydroxyl groups is 1. The molecule has 0 spiro atoms. The second kappa shape index (κ2) is 15.3. The predicted octanol–water partition coefficient (Wildman–Crippen LogP) is 3.14. The van der Waals surface area contributed by atoms with Crippen LogP contribution < -0.4 is 10.1 Å². The molecule has 2 N–H and O–H groups in total. The molecule has 38 heavy (non-hydrogen) atoms. The van der Waals surface area contributed by atoms with Crippen molar-refractivity contribution in [3.05, 3.63) is 60.2 Å². The normalized spacial score (nSPS) is 13.8. The van der Waals surface area contributed by atoms with Gasteiger partial charge in [0.15, 0.2) is 6.10 Å². The van der Waals surface area contributed by atoms with Crippen LogP contribution in [0.15, 0.2) is 59.5 Å². The molecule has 0 aliphatic carbocycles. The molecule has 0 aromatic heterocycles. The highest BCUT2D eigenvalue weighted by atomic mass is 32.2. The Balaban J connectivity index is 2.31. The van der Waals surface area contributed by atoms with Gasteiger partial charge in [0.1, 0.15) is 5.75 Å². The SMILES string of the molecule is CCCCCN(C[C@@H](O)C(Cc1ccccc1)NC(=O)O[C@H](C)C(=O)OC)S(=O)(=O)c1cccc(OC)c1. The summed E-state index contributed by atoms with van der Waals surface area (Å²) in [5.74, 6) is -0.335. The van der Waals surface area contributed by atoms with Gasteiger partial charge in [-0.3, -0.25) is 0 Å². The molecule has 210 valence electrons. The van der Waals surface area contributed by atoms with Crippen molar-refractivity contribution in [2.75, 3.05) is 27.3 Å². The summed E-state index contributed by atoms with van der Waals surface area (Å²) in [7, 11) is -1.36. The number of nitrogens with one attached hydrogen (secondary N) is 1. The summed E-state index contributed by atoms with van der Waals surface area (Å²) < 4.78 is 43.2. The lowest BCUT2D eigenvalue weighted by Gasteiger charge is -2.30. The van der Waals surface area contributed by atoms with Crippen molar-refractivity contribution >= 4 is 22.1 Å². The molecule has 0 saturated carbocycles. The van der Waals surface area contributed by atoms with E-state index in [0.717, 1.165) is 18.4 Å². The van der Waals surface area contributed by atoms with Crippen LogP contribution in [0, 0.1) is 0 Å². The molecule has 1 unspecified atom stereocenters. The van der Waals surface area contributed by atoms with Gasteiger partial charge in [-0.05, 0) is 37.5 Å². The number of unbranched alkanes of at least 4 members (excludes halogenated alkanes) is 2. The monoisotopic (exact) mass is 550 g/mol. The molecule has 0 fully saturated rings. The second-order valence-corrected chi connectivity index (χ2v) is 10.8. The number of aliphatic hydroxyl groups excluding tert-OH is 1. The summed E-state index contributed by atoms with van der Waals surface area (Å²) in [6.45, 7) is 3.29. The number of methoxy groups -OCH3 is 2. The van der Waals surface area contributed by atoms with Crippen LogP contribution in [0.1, 0.15) is 38.7 Å². The number of carbonyl (C=O) groups excluding carboxylic acids is 2. The maximum atomic E-state index is 13.6. The summed E-state index contributed by atoms with van der Waals surface area (Å²) in [6, 6.07) is 14.4. The molecular weight excluding hydrogens is 512 g/mol. The number of ether oxygens (including phenoxy) is 3. The zero-order valence-corrected chi connectivity index (χ0v) is 23.1. The smallest absolute Gasteiger partial charge is 0.408 e. The predicted molar refractivity (Wildman–Crippen MR) is 142 cm³/mol. The minimum absolute atomic E-state index is 0.0411. The molecule has 0 aliphatic heterocycles. The van der Waals surface area contributed by atoms with Crippen LogP contribution in [0.4, 0.5) is 4.79 Å². The molecule has 0 bridgehead atoms. The number of esters is 1. The fourth-order valence-electron chi connectivity index (χ4n) is 3.81. The van der Waals surface area contributed by atoms with Crippen molar-refractivity contribution in [2.24, 2.45) is 0 Å². The van der Waals surface area contributed by atoms with E-state index in [4.69, 9.17) is 9.47 Å². The quantitative estimate of drug-likeness (QED) is 0.255. The lowest BCUT2D eigenvalue weighted by atomic mass is 10.0. The molecule has 2 aromatic carbocycles. The summed E-state index contributed by atoms with van der Waals surface area (Å²) in [5, 5.41) is 13.9. The van der Waals surface area contributed by atoms with Crippen molar-refractivity contribution in [1.29, 1.82) is 0 Å². The lowest BCUT2D eigenvalue weighted by molar-refractivity contribution is -0.149. The van der Waals surface area contributed by atoms with Crippen LogP contribution in [-0.4, -0.2) is 75.5 Å². The number of benzene rings is 2. The number of nitrogens with zero attached hydrogens (tertiary/aromatic N) is 1. The minimum atomic E-state index is -3.99. The minimum Gasteiger partial charge on any atom is -0.497 e. The standard InChI is InChI=1S/C27H38N2O8S/c1-5-6-10-16-29(38(33,34)23-15-11-14-22(18-23)35-3)19-25(30)24(17-21-12-8-7-9-13-21)28-27(32)37-20(2)26(31)36-4/h7-9,11-15,18,20,24-25,30H,5-6,10,16-17,19H2,1-4H3,(H,28,32)/t20-,24?,25-/m1/s1. The lowest BCUT2D eigenvalue weighted by Crippen LogP contribution is -2.51. The zero-order chi connectivity index (χ0) is 28.1. The third-order valence-corrected chi connectivity index (χ3v) is 7.82. The number of sulfonamides is 1. The maximum absolute atomic E-state index is 13.6.